The summed E-state index contributed by atoms with van der Waals surface area (Å²) in [6.45, 7) is 3.59. The number of hydrogen-bond acceptors (Lipinski definition) is 2. The summed E-state index contributed by atoms with van der Waals surface area (Å²) in [5, 5.41) is 9.87. The van der Waals surface area contributed by atoms with E-state index in [2.05, 4.69) is 6.58 Å². The highest BCUT2D eigenvalue weighted by molar-refractivity contribution is 4.91. The Kier molecular flexibility index (Phi) is 3.12. The van der Waals surface area contributed by atoms with Crippen molar-refractivity contribution in [2.24, 2.45) is 11.8 Å². The van der Waals surface area contributed by atoms with E-state index in [0.29, 0.717) is 5.92 Å². The van der Waals surface area contributed by atoms with Crippen LogP contribution in [0.4, 0.5) is 0 Å². The van der Waals surface area contributed by atoms with Crippen LogP contribution in [-0.2, 0) is 4.74 Å². The molecule has 0 saturated heterocycles. The highest BCUT2D eigenvalue weighted by Gasteiger charge is 2.40. The van der Waals surface area contributed by atoms with Crippen LogP contribution in [0.5, 0.6) is 0 Å². The minimum Gasteiger partial charge on any atom is -0.496 e. The van der Waals surface area contributed by atoms with Crippen LogP contribution in [0.3, 0.4) is 0 Å². The maximum atomic E-state index is 9.87. The zero-order chi connectivity index (χ0) is 9.97. The summed E-state index contributed by atoms with van der Waals surface area (Å²) in [5.74, 6) is 1.36. The van der Waals surface area contributed by atoms with Gasteiger partial charge in [0.15, 0.2) is 0 Å². The Morgan fingerprint density at radius 3 is 2.71 bits per heavy atom. The molecule has 0 bridgehead atoms. The molecular formula is C12H20O2. The molecular weight excluding hydrogens is 176 g/mol. The van der Waals surface area contributed by atoms with Crippen LogP contribution in [0, 0.1) is 11.8 Å². The van der Waals surface area contributed by atoms with E-state index in [1.165, 1.54) is 38.4 Å². The second kappa shape index (κ2) is 4.35. The van der Waals surface area contributed by atoms with E-state index in [1.807, 2.05) is 0 Å². The summed E-state index contributed by atoms with van der Waals surface area (Å²) in [6, 6.07) is 0. The van der Waals surface area contributed by atoms with Gasteiger partial charge in [-0.3, -0.25) is 0 Å². The third kappa shape index (κ3) is 1.81. The lowest BCUT2D eigenvalue weighted by Gasteiger charge is -2.43. The fraction of sp³-hybridized carbons (Fsp3) is 0.833. The zero-order valence-electron chi connectivity index (χ0n) is 8.69. The quantitative estimate of drug-likeness (QED) is 0.687. The largest absolute Gasteiger partial charge is 0.496 e. The van der Waals surface area contributed by atoms with E-state index in [4.69, 9.17) is 4.74 Å². The van der Waals surface area contributed by atoms with Crippen LogP contribution >= 0.6 is 0 Å². The van der Waals surface area contributed by atoms with Gasteiger partial charge in [0.2, 0.25) is 0 Å². The molecule has 2 heteroatoms. The van der Waals surface area contributed by atoms with Crippen LogP contribution in [0.2, 0.25) is 0 Å². The van der Waals surface area contributed by atoms with Crippen LogP contribution in [-0.4, -0.2) is 17.3 Å². The maximum Gasteiger partial charge on any atom is 0.127 e. The lowest BCUT2D eigenvalue weighted by Crippen LogP contribution is -2.44. The third-order valence-corrected chi connectivity index (χ3v) is 3.86. The molecule has 2 aliphatic rings. The van der Waals surface area contributed by atoms with Gasteiger partial charge in [0.05, 0.1) is 12.4 Å². The van der Waals surface area contributed by atoms with Gasteiger partial charge in [0.25, 0.3) is 0 Å². The predicted octanol–water partition coefficient (Wildman–Crippen LogP) is 2.48. The Balaban J connectivity index is 2.05. The van der Waals surface area contributed by atoms with Crippen molar-refractivity contribution in [2.45, 2.75) is 50.7 Å². The second-order valence-electron chi connectivity index (χ2n) is 4.62. The van der Waals surface area contributed by atoms with E-state index in [0.717, 1.165) is 12.3 Å². The van der Waals surface area contributed by atoms with Crippen molar-refractivity contribution in [3.05, 3.63) is 12.8 Å². The van der Waals surface area contributed by atoms with Crippen LogP contribution < -0.4 is 0 Å². The molecule has 0 aliphatic heterocycles. The van der Waals surface area contributed by atoms with E-state index in [-0.39, 0.29) is 12.2 Å². The first kappa shape index (κ1) is 10.0. The Bertz CT molecular complexity index is 202. The van der Waals surface area contributed by atoms with E-state index in [9.17, 15) is 5.11 Å². The molecule has 4 atom stereocenters. The van der Waals surface area contributed by atoms with Crippen molar-refractivity contribution in [2.75, 3.05) is 0 Å². The van der Waals surface area contributed by atoms with Gasteiger partial charge in [-0.15, -0.1) is 0 Å². The Hall–Kier alpha value is -0.500. The van der Waals surface area contributed by atoms with Crippen molar-refractivity contribution in [3.63, 3.8) is 0 Å². The SMILES string of the molecule is C=COC1C(O)CCC2CCCCC21. The molecule has 2 nitrogen and oxygen atoms in total. The Morgan fingerprint density at radius 2 is 1.93 bits per heavy atom. The molecule has 0 aromatic carbocycles. The lowest BCUT2D eigenvalue weighted by molar-refractivity contribution is -0.0844. The van der Waals surface area contributed by atoms with E-state index >= 15 is 0 Å². The molecule has 4 unspecified atom stereocenters. The first-order valence-electron chi connectivity index (χ1n) is 5.77. The number of ether oxygens (including phenoxy) is 1. The normalized spacial score (nSPS) is 42.6. The summed E-state index contributed by atoms with van der Waals surface area (Å²) < 4.78 is 5.48. The molecule has 0 radical (unpaired) electrons. The van der Waals surface area contributed by atoms with Gasteiger partial charge in [-0.1, -0.05) is 25.8 Å². The van der Waals surface area contributed by atoms with Crippen LogP contribution in [0.25, 0.3) is 0 Å². The van der Waals surface area contributed by atoms with Crippen LogP contribution in [0.1, 0.15) is 38.5 Å². The van der Waals surface area contributed by atoms with E-state index in [1.54, 1.807) is 0 Å². The first-order chi connectivity index (χ1) is 6.83. The van der Waals surface area contributed by atoms with Crippen molar-refractivity contribution < 1.29 is 9.84 Å². The lowest BCUT2D eigenvalue weighted by atomic mass is 9.68. The number of hydrogen-bond donors (Lipinski definition) is 1. The summed E-state index contributed by atoms with van der Waals surface area (Å²) in [7, 11) is 0. The molecule has 0 aromatic heterocycles. The summed E-state index contributed by atoms with van der Waals surface area (Å²) >= 11 is 0. The van der Waals surface area contributed by atoms with Gasteiger partial charge < -0.3 is 9.84 Å². The van der Waals surface area contributed by atoms with Gasteiger partial charge in [0.1, 0.15) is 6.10 Å². The molecule has 2 saturated carbocycles. The fourth-order valence-corrected chi connectivity index (χ4v) is 3.16. The van der Waals surface area contributed by atoms with Gasteiger partial charge in [-0.05, 0) is 25.2 Å². The average molecular weight is 196 g/mol. The van der Waals surface area contributed by atoms with Gasteiger partial charge in [0, 0.05) is 5.92 Å². The molecule has 0 heterocycles. The minimum atomic E-state index is -0.271. The number of rotatable bonds is 2. The number of aliphatic hydroxyl groups excluding tert-OH is 1. The molecule has 2 rings (SSSR count). The molecule has 2 aliphatic carbocycles. The summed E-state index contributed by atoms with van der Waals surface area (Å²) in [4.78, 5) is 0. The summed E-state index contributed by atoms with van der Waals surface area (Å²) in [6.07, 6.45) is 8.53. The minimum absolute atomic E-state index is 0.0200. The smallest absolute Gasteiger partial charge is 0.127 e. The molecule has 14 heavy (non-hydrogen) atoms. The highest BCUT2D eigenvalue weighted by Crippen LogP contribution is 2.41. The van der Waals surface area contributed by atoms with Gasteiger partial charge in [-0.2, -0.15) is 0 Å². The van der Waals surface area contributed by atoms with Gasteiger partial charge >= 0.3 is 0 Å². The van der Waals surface area contributed by atoms with Crippen molar-refractivity contribution in [1.29, 1.82) is 0 Å². The molecule has 1 N–H and O–H groups in total. The molecule has 2 fully saturated rings. The zero-order valence-corrected chi connectivity index (χ0v) is 8.69. The fourth-order valence-electron chi connectivity index (χ4n) is 3.16. The van der Waals surface area contributed by atoms with Gasteiger partial charge in [-0.25, -0.2) is 0 Å². The van der Waals surface area contributed by atoms with Crippen LogP contribution in [0.15, 0.2) is 12.8 Å². The first-order valence-corrected chi connectivity index (χ1v) is 5.77. The number of fused-ring (bicyclic) bond motifs is 1. The number of aliphatic hydroxyl groups is 1. The molecule has 0 aromatic rings. The predicted molar refractivity (Wildman–Crippen MR) is 55.8 cm³/mol. The second-order valence-corrected chi connectivity index (χ2v) is 4.62. The van der Waals surface area contributed by atoms with Crippen molar-refractivity contribution >= 4 is 0 Å². The van der Waals surface area contributed by atoms with E-state index < -0.39 is 0 Å². The molecule has 80 valence electrons. The third-order valence-electron chi connectivity index (χ3n) is 3.86. The molecule has 0 spiro atoms. The van der Waals surface area contributed by atoms with Crippen molar-refractivity contribution in [3.8, 4) is 0 Å². The average Bonchev–Trinajstić information content (AvgIpc) is 2.23. The standard InChI is InChI=1S/C12H20O2/c1-2-14-12-10-6-4-3-5-9(10)7-8-11(12)13/h2,9-13H,1,3-8H2. The maximum absolute atomic E-state index is 9.87. The Morgan fingerprint density at radius 1 is 1.14 bits per heavy atom. The monoisotopic (exact) mass is 196 g/mol. The van der Waals surface area contributed by atoms with Crippen molar-refractivity contribution in [1.82, 2.24) is 0 Å². The topological polar surface area (TPSA) is 29.5 Å². The molecule has 0 amide bonds. The summed E-state index contributed by atoms with van der Waals surface area (Å²) in [5.41, 5.74) is 0. The highest BCUT2D eigenvalue weighted by atomic mass is 16.5. The Labute approximate surface area is 86.0 Å².